The van der Waals surface area contributed by atoms with Crippen molar-refractivity contribution in [3.05, 3.63) is 0 Å². The molecule has 0 N–H and O–H groups in total. The lowest BCUT2D eigenvalue weighted by molar-refractivity contribution is -0.150. The second-order valence-electron chi connectivity index (χ2n) is 5.55. The molecule has 0 amide bonds. The monoisotopic (exact) mass is 284 g/mol. The number of carbonyl (C=O) groups is 3. The molecule has 0 aromatic carbocycles. The minimum Gasteiger partial charge on any atom is -0.469 e. The van der Waals surface area contributed by atoms with Crippen molar-refractivity contribution in [3.63, 3.8) is 0 Å². The lowest BCUT2D eigenvalue weighted by Gasteiger charge is -2.37. The normalized spacial score (nSPS) is 26.1. The molecule has 0 radical (unpaired) electrons. The smallest absolute Gasteiger partial charge is 0.306 e. The van der Waals surface area contributed by atoms with E-state index < -0.39 is 5.41 Å². The molecule has 0 heterocycles. The molecule has 0 saturated heterocycles. The van der Waals surface area contributed by atoms with Gasteiger partial charge < -0.3 is 9.47 Å². The van der Waals surface area contributed by atoms with Crippen LogP contribution in [0.2, 0.25) is 0 Å². The molecule has 1 saturated carbocycles. The molecule has 1 rings (SSSR count). The molecular weight excluding hydrogens is 260 g/mol. The van der Waals surface area contributed by atoms with Crippen LogP contribution in [0.25, 0.3) is 0 Å². The first-order valence-corrected chi connectivity index (χ1v) is 7.17. The van der Waals surface area contributed by atoms with Crippen molar-refractivity contribution in [1.29, 1.82) is 0 Å². The number of hydrogen-bond donors (Lipinski definition) is 0. The van der Waals surface area contributed by atoms with Gasteiger partial charge in [-0.05, 0) is 31.6 Å². The topological polar surface area (TPSA) is 69.7 Å². The second-order valence-corrected chi connectivity index (χ2v) is 5.55. The Labute approximate surface area is 120 Å². The first kappa shape index (κ1) is 16.7. The maximum atomic E-state index is 12.4. The molecule has 1 aliphatic rings. The Morgan fingerprint density at radius 3 is 2.60 bits per heavy atom. The van der Waals surface area contributed by atoms with Crippen molar-refractivity contribution in [2.24, 2.45) is 11.3 Å². The largest absolute Gasteiger partial charge is 0.469 e. The van der Waals surface area contributed by atoms with E-state index in [1.807, 2.05) is 6.92 Å². The van der Waals surface area contributed by atoms with Gasteiger partial charge in [0.25, 0.3) is 0 Å². The Kier molecular flexibility index (Phi) is 6.17. The Hall–Kier alpha value is -1.39. The Bertz CT molecular complexity index is 376. The van der Waals surface area contributed by atoms with Gasteiger partial charge in [-0.2, -0.15) is 0 Å². The quantitative estimate of drug-likeness (QED) is 0.700. The summed E-state index contributed by atoms with van der Waals surface area (Å²) in [5, 5.41) is 0. The summed E-state index contributed by atoms with van der Waals surface area (Å²) in [5.74, 6) is -0.219. The van der Waals surface area contributed by atoms with Crippen LogP contribution in [-0.2, 0) is 23.9 Å². The van der Waals surface area contributed by atoms with Gasteiger partial charge in [-0.25, -0.2) is 0 Å². The van der Waals surface area contributed by atoms with Gasteiger partial charge in [0, 0.05) is 18.8 Å². The number of esters is 2. The molecule has 0 bridgehead atoms. The van der Waals surface area contributed by atoms with Crippen LogP contribution in [0.3, 0.4) is 0 Å². The highest BCUT2D eigenvalue weighted by molar-refractivity contribution is 5.89. The fourth-order valence-corrected chi connectivity index (χ4v) is 2.85. The van der Waals surface area contributed by atoms with Crippen molar-refractivity contribution in [2.75, 3.05) is 13.7 Å². The third-order valence-electron chi connectivity index (χ3n) is 4.32. The van der Waals surface area contributed by atoms with Gasteiger partial charge in [-0.15, -0.1) is 0 Å². The van der Waals surface area contributed by atoms with Crippen molar-refractivity contribution < 1.29 is 23.9 Å². The van der Waals surface area contributed by atoms with Crippen LogP contribution in [0.5, 0.6) is 0 Å². The predicted molar refractivity (Wildman–Crippen MR) is 73.0 cm³/mol. The van der Waals surface area contributed by atoms with E-state index in [1.165, 1.54) is 14.0 Å². The van der Waals surface area contributed by atoms with Gasteiger partial charge in [0.2, 0.25) is 0 Å². The Morgan fingerprint density at radius 2 is 2.10 bits per heavy atom. The lowest BCUT2D eigenvalue weighted by atomic mass is 9.65. The van der Waals surface area contributed by atoms with E-state index in [4.69, 9.17) is 9.47 Å². The van der Waals surface area contributed by atoms with Crippen molar-refractivity contribution >= 4 is 17.7 Å². The lowest BCUT2D eigenvalue weighted by Crippen LogP contribution is -2.39. The highest BCUT2D eigenvalue weighted by atomic mass is 16.5. The summed E-state index contributed by atoms with van der Waals surface area (Å²) in [7, 11) is 1.35. The molecule has 2 atom stereocenters. The Balaban J connectivity index is 2.54. The van der Waals surface area contributed by atoms with Crippen LogP contribution in [0.15, 0.2) is 0 Å². The summed E-state index contributed by atoms with van der Waals surface area (Å²) in [6, 6.07) is 0. The van der Waals surface area contributed by atoms with Crippen LogP contribution >= 0.6 is 0 Å². The summed E-state index contributed by atoms with van der Waals surface area (Å²) in [6.07, 6.45) is 3.61. The standard InChI is InChI=1S/C15H24O5/c1-4-15(10-14(18)19-3)7-5-12(9-13(15)17)6-8-20-11(2)16/h12H,4-10H2,1-3H3/t12-,15+/m1/s1. The molecule has 0 aliphatic heterocycles. The first-order chi connectivity index (χ1) is 9.43. The number of hydrogen-bond acceptors (Lipinski definition) is 5. The molecule has 114 valence electrons. The maximum absolute atomic E-state index is 12.4. The molecule has 5 heteroatoms. The Morgan fingerprint density at radius 1 is 1.40 bits per heavy atom. The summed E-state index contributed by atoms with van der Waals surface area (Å²) in [5.41, 5.74) is -0.551. The van der Waals surface area contributed by atoms with Gasteiger partial charge in [-0.3, -0.25) is 14.4 Å². The predicted octanol–water partition coefficient (Wildman–Crippen LogP) is 2.27. The van der Waals surface area contributed by atoms with Gasteiger partial charge >= 0.3 is 11.9 Å². The number of Topliss-reactive ketones (excluding diaryl/α,β-unsaturated/α-hetero) is 1. The molecule has 0 aromatic heterocycles. The van der Waals surface area contributed by atoms with E-state index in [0.717, 1.165) is 6.42 Å². The fraction of sp³-hybridized carbons (Fsp3) is 0.800. The molecule has 0 spiro atoms. The van der Waals surface area contributed by atoms with Gasteiger partial charge in [0.05, 0.1) is 20.1 Å². The number of rotatable bonds is 6. The minimum absolute atomic E-state index is 0.143. The average Bonchev–Trinajstić information content (AvgIpc) is 2.41. The molecule has 1 fully saturated rings. The van der Waals surface area contributed by atoms with E-state index in [-0.39, 0.29) is 30.1 Å². The number of ether oxygens (including phenoxy) is 2. The summed E-state index contributed by atoms with van der Waals surface area (Å²) in [6.45, 7) is 3.69. The van der Waals surface area contributed by atoms with Crippen LogP contribution in [-0.4, -0.2) is 31.4 Å². The van der Waals surface area contributed by atoms with Crippen LogP contribution in [0.1, 0.15) is 52.4 Å². The zero-order chi connectivity index (χ0) is 15.2. The van der Waals surface area contributed by atoms with Crippen molar-refractivity contribution in [3.8, 4) is 0 Å². The fourth-order valence-electron chi connectivity index (χ4n) is 2.85. The molecule has 0 aromatic rings. The maximum Gasteiger partial charge on any atom is 0.306 e. The van der Waals surface area contributed by atoms with Gasteiger partial charge in [0.1, 0.15) is 5.78 Å². The van der Waals surface area contributed by atoms with E-state index >= 15 is 0 Å². The van der Waals surface area contributed by atoms with Gasteiger partial charge in [-0.1, -0.05) is 6.92 Å². The summed E-state index contributed by atoms with van der Waals surface area (Å²) < 4.78 is 9.61. The number of ketones is 1. The average molecular weight is 284 g/mol. The minimum atomic E-state index is -0.551. The third kappa shape index (κ3) is 4.32. The van der Waals surface area contributed by atoms with Crippen LogP contribution in [0, 0.1) is 11.3 Å². The summed E-state index contributed by atoms with van der Waals surface area (Å²) >= 11 is 0. The molecule has 20 heavy (non-hydrogen) atoms. The molecule has 0 unspecified atom stereocenters. The van der Waals surface area contributed by atoms with Gasteiger partial charge in [0.15, 0.2) is 0 Å². The highest BCUT2D eigenvalue weighted by Gasteiger charge is 2.42. The van der Waals surface area contributed by atoms with Crippen molar-refractivity contribution in [2.45, 2.75) is 52.4 Å². The zero-order valence-electron chi connectivity index (χ0n) is 12.6. The second kappa shape index (κ2) is 7.41. The van der Waals surface area contributed by atoms with E-state index in [0.29, 0.717) is 32.3 Å². The third-order valence-corrected chi connectivity index (χ3v) is 4.32. The highest BCUT2D eigenvalue weighted by Crippen LogP contribution is 2.42. The molecular formula is C15H24O5. The summed E-state index contributed by atoms with van der Waals surface area (Å²) in [4.78, 5) is 34.6. The van der Waals surface area contributed by atoms with Crippen molar-refractivity contribution in [1.82, 2.24) is 0 Å². The number of methoxy groups -OCH3 is 1. The molecule has 5 nitrogen and oxygen atoms in total. The number of carbonyl (C=O) groups excluding carboxylic acids is 3. The first-order valence-electron chi connectivity index (χ1n) is 7.17. The molecule has 1 aliphatic carbocycles. The van der Waals surface area contributed by atoms with E-state index in [1.54, 1.807) is 0 Å². The SMILES string of the molecule is CC[C@@]1(CC(=O)OC)CC[C@H](CCOC(C)=O)CC1=O. The zero-order valence-corrected chi connectivity index (χ0v) is 12.6. The van der Waals surface area contributed by atoms with Crippen LogP contribution in [0.4, 0.5) is 0 Å². The van der Waals surface area contributed by atoms with E-state index in [9.17, 15) is 14.4 Å². The van der Waals surface area contributed by atoms with Crippen LogP contribution < -0.4 is 0 Å². The van der Waals surface area contributed by atoms with E-state index in [2.05, 4.69) is 0 Å².